The van der Waals surface area contributed by atoms with Crippen LogP contribution in [0.15, 0.2) is 71.1 Å². The molecule has 3 aromatic carbocycles. The first kappa shape index (κ1) is 14.7. The molecular formula is C23H14N2O. The highest BCUT2D eigenvalue weighted by molar-refractivity contribution is 6.10. The van der Waals surface area contributed by atoms with Gasteiger partial charge in [-0.25, -0.2) is 4.98 Å². The summed E-state index contributed by atoms with van der Waals surface area (Å²) in [4.78, 5) is 4.83. The molecule has 0 bridgehead atoms. The monoisotopic (exact) mass is 334 g/mol. The van der Waals surface area contributed by atoms with Gasteiger partial charge in [-0.05, 0) is 55.0 Å². The Morgan fingerprint density at radius 2 is 1.81 bits per heavy atom. The lowest BCUT2D eigenvalue weighted by atomic mass is 10.0. The molecule has 0 amide bonds. The van der Waals surface area contributed by atoms with Crippen molar-refractivity contribution < 1.29 is 4.42 Å². The smallest absolute Gasteiger partial charge is 0.144 e. The number of fused-ring (bicyclic) bond motifs is 4. The molecule has 0 saturated carbocycles. The van der Waals surface area contributed by atoms with Gasteiger partial charge in [-0.1, -0.05) is 24.3 Å². The minimum absolute atomic E-state index is 0.596. The largest absolute Gasteiger partial charge is 0.455 e. The first-order valence-corrected chi connectivity index (χ1v) is 8.46. The van der Waals surface area contributed by atoms with Crippen LogP contribution in [-0.2, 0) is 0 Å². The van der Waals surface area contributed by atoms with Gasteiger partial charge >= 0.3 is 0 Å². The number of aryl methyl sites for hydroxylation is 1. The van der Waals surface area contributed by atoms with Gasteiger partial charge in [0.1, 0.15) is 11.2 Å². The van der Waals surface area contributed by atoms with Gasteiger partial charge in [0, 0.05) is 21.7 Å². The second-order valence-electron chi connectivity index (χ2n) is 6.50. The third-order valence-corrected chi connectivity index (χ3v) is 4.72. The van der Waals surface area contributed by atoms with E-state index in [0.29, 0.717) is 5.56 Å². The van der Waals surface area contributed by atoms with Crippen molar-refractivity contribution in [1.82, 2.24) is 4.98 Å². The van der Waals surface area contributed by atoms with E-state index in [1.165, 1.54) is 0 Å². The van der Waals surface area contributed by atoms with Gasteiger partial charge in [0.15, 0.2) is 0 Å². The molecular weight excluding hydrogens is 320 g/mol. The summed E-state index contributed by atoms with van der Waals surface area (Å²) in [5, 5.41) is 12.3. The van der Waals surface area contributed by atoms with E-state index >= 15 is 0 Å². The third-order valence-electron chi connectivity index (χ3n) is 4.72. The van der Waals surface area contributed by atoms with Crippen LogP contribution in [0.5, 0.6) is 0 Å². The van der Waals surface area contributed by atoms with Crippen molar-refractivity contribution in [3.63, 3.8) is 0 Å². The lowest BCUT2D eigenvalue weighted by Gasteiger charge is -2.05. The minimum atomic E-state index is 0.596. The zero-order valence-corrected chi connectivity index (χ0v) is 14.2. The van der Waals surface area contributed by atoms with Gasteiger partial charge in [-0.2, -0.15) is 5.26 Å². The summed E-state index contributed by atoms with van der Waals surface area (Å²) in [5.41, 5.74) is 6.10. The van der Waals surface area contributed by atoms with Crippen molar-refractivity contribution in [2.45, 2.75) is 6.92 Å². The summed E-state index contributed by atoms with van der Waals surface area (Å²) >= 11 is 0. The van der Waals surface area contributed by atoms with Gasteiger partial charge in [-0.3, -0.25) is 0 Å². The number of nitrogens with zero attached hydrogens (tertiary/aromatic N) is 2. The van der Waals surface area contributed by atoms with Crippen LogP contribution >= 0.6 is 0 Å². The van der Waals surface area contributed by atoms with E-state index in [4.69, 9.17) is 14.7 Å². The Hall–Kier alpha value is -3.64. The van der Waals surface area contributed by atoms with Gasteiger partial charge in [-0.15, -0.1) is 0 Å². The molecule has 0 spiro atoms. The molecule has 0 aliphatic heterocycles. The molecule has 0 aliphatic carbocycles. The first-order valence-electron chi connectivity index (χ1n) is 8.46. The van der Waals surface area contributed by atoms with E-state index in [-0.39, 0.29) is 0 Å². The van der Waals surface area contributed by atoms with Crippen molar-refractivity contribution in [3.8, 4) is 17.3 Å². The zero-order chi connectivity index (χ0) is 17.7. The number of rotatable bonds is 1. The molecule has 2 aromatic heterocycles. The summed E-state index contributed by atoms with van der Waals surface area (Å²) in [6, 6.07) is 24.2. The molecule has 0 aliphatic rings. The average Bonchev–Trinajstić information content (AvgIpc) is 3.04. The Bertz CT molecular complexity index is 1360. The van der Waals surface area contributed by atoms with Crippen molar-refractivity contribution in [2.75, 3.05) is 0 Å². The highest BCUT2D eigenvalue weighted by Crippen LogP contribution is 2.37. The molecule has 0 N–H and O–H groups in total. The Morgan fingerprint density at radius 1 is 0.923 bits per heavy atom. The Labute approximate surface area is 150 Å². The van der Waals surface area contributed by atoms with Crippen LogP contribution in [0.4, 0.5) is 0 Å². The fraction of sp³-hybridized carbons (Fsp3) is 0.0435. The first-order chi connectivity index (χ1) is 12.7. The van der Waals surface area contributed by atoms with Gasteiger partial charge in [0.05, 0.1) is 22.8 Å². The average molecular weight is 334 g/mol. The molecule has 122 valence electrons. The molecule has 5 rings (SSSR count). The molecule has 0 atom stereocenters. The number of hydrogen-bond donors (Lipinski definition) is 0. The van der Waals surface area contributed by atoms with Crippen molar-refractivity contribution in [2.24, 2.45) is 0 Å². The number of benzene rings is 3. The normalized spacial score (nSPS) is 11.2. The number of hydrogen-bond acceptors (Lipinski definition) is 3. The summed E-state index contributed by atoms with van der Waals surface area (Å²) in [7, 11) is 0. The van der Waals surface area contributed by atoms with Gasteiger partial charge < -0.3 is 4.42 Å². The predicted octanol–water partition coefficient (Wildman–Crippen LogP) is 5.98. The van der Waals surface area contributed by atoms with Crippen molar-refractivity contribution >= 4 is 32.8 Å². The highest BCUT2D eigenvalue weighted by atomic mass is 16.3. The lowest BCUT2D eigenvalue weighted by molar-refractivity contribution is 0.669. The van der Waals surface area contributed by atoms with Crippen LogP contribution < -0.4 is 0 Å². The molecule has 0 radical (unpaired) electrons. The van der Waals surface area contributed by atoms with Crippen LogP contribution in [0.3, 0.4) is 0 Å². The van der Waals surface area contributed by atoms with Crippen LogP contribution in [0.25, 0.3) is 44.1 Å². The maximum Gasteiger partial charge on any atom is 0.144 e. The maximum absolute atomic E-state index is 9.15. The molecule has 26 heavy (non-hydrogen) atoms. The number of aromatic nitrogens is 1. The predicted molar refractivity (Wildman–Crippen MR) is 104 cm³/mol. The number of pyridine rings is 1. The summed E-state index contributed by atoms with van der Waals surface area (Å²) in [5.74, 6) is 0. The lowest BCUT2D eigenvalue weighted by Crippen LogP contribution is -1.87. The Morgan fingerprint density at radius 3 is 2.69 bits per heavy atom. The van der Waals surface area contributed by atoms with Crippen molar-refractivity contribution in [3.05, 3.63) is 77.9 Å². The van der Waals surface area contributed by atoms with Crippen LogP contribution in [0.2, 0.25) is 0 Å². The second-order valence-corrected chi connectivity index (χ2v) is 6.50. The Balaban J connectivity index is 1.84. The summed E-state index contributed by atoms with van der Waals surface area (Å²) in [6.07, 6.45) is 0. The van der Waals surface area contributed by atoms with E-state index in [0.717, 1.165) is 49.7 Å². The molecule has 2 heterocycles. The van der Waals surface area contributed by atoms with Crippen LogP contribution in [0, 0.1) is 18.3 Å². The number of nitriles is 1. The van der Waals surface area contributed by atoms with E-state index < -0.39 is 0 Å². The fourth-order valence-electron chi connectivity index (χ4n) is 3.50. The number of para-hydroxylation sites is 1. The van der Waals surface area contributed by atoms with E-state index in [1.54, 1.807) is 6.07 Å². The van der Waals surface area contributed by atoms with E-state index in [9.17, 15) is 0 Å². The summed E-state index contributed by atoms with van der Waals surface area (Å²) in [6.45, 7) is 2.08. The van der Waals surface area contributed by atoms with Gasteiger partial charge in [0.2, 0.25) is 0 Å². The van der Waals surface area contributed by atoms with Crippen LogP contribution in [-0.4, -0.2) is 4.98 Å². The molecule has 0 saturated heterocycles. The fourth-order valence-corrected chi connectivity index (χ4v) is 3.50. The van der Waals surface area contributed by atoms with Gasteiger partial charge in [0.25, 0.3) is 0 Å². The highest BCUT2D eigenvalue weighted by Gasteiger charge is 2.15. The minimum Gasteiger partial charge on any atom is -0.455 e. The quantitative estimate of drug-likeness (QED) is 0.379. The molecule has 0 unspecified atom stereocenters. The molecule has 0 fully saturated rings. The van der Waals surface area contributed by atoms with E-state index in [1.807, 2.05) is 36.4 Å². The molecule has 5 aromatic rings. The number of furan rings is 1. The maximum atomic E-state index is 9.15. The standard InChI is InChI=1S/C23H14N2O/c1-14-10-18-17-8-6-15(13-24)12-22(17)26-23(18)19(11-14)21-9-7-16-4-2-3-5-20(16)25-21/h2-12H,1H3. The zero-order valence-electron chi connectivity index (χ0n) is 14.2. The second kappa shape index (κ2) is 5.44. The topological polar surface area (TPSA) is 49.8 Å². The summed E-state index contributed by atoms with van der Waals surface area (Å²) < 4.78 is 6.16. The van der Waals surface area contributed by atoms with Crippen LogP contribution in [0.1, 0.15) is 11.1 Å². The van der Waals surface area contributed by atoms with Crippen molar-refractivity contribution in [1.29, 1.82) is 5.26 Å². The SMILES string of the molecule is Cc1cc(-c2ccc3ccccc3n2)c2oc3cc(C#N)ccc3c2c1. The molecule has 3 heteroatoms. The molecule has 3 nitrogen and oxygen atoms in total. The third kappa shape index (κ3) is 2.17. The Kier molecular flexibility index (Phi) is 3.07. The van der Waals surface area contributed by atoms with E-state index in [2.05, 4.69) is 37.3 Å².